The molecule has 0 aromatic heterocycles. The Morgan fingerprint density at radius 3 is 2.70 bits per heavy atom. The van der Waals surface area contributed by atoms with Gasteiger partial charge in [-0.25, -0.2) is 8.42 Å². The smallest absolute Gasteiger partial charge is 0.252 e. The molecule has 1 aromatic carbocycles. The van der Waals surface area contributed by atoms with E-state index in [0.29, 0.717) is 12.3 Å². The van der Waals surface area contributed by atoms with E-state index in [1.54, 1.807) is 18.2 Å². The number of rotatable bonds is 5. The minimum Gasteiger partial charge on any atom is -0.348 e. The number of carbonyl (C=O) groups excluding carboxylic acids is 1. The van der Waals surface area contributed by atoms with Crippen molar-refractivity contribution in [3.63, 3.8) is 0 Å². The first-order valence-corrected chi connectivity index (χ1v) is 9.44. The molecule has 1 fully saturated rings. The summed E-state index contributed by atoms with van der Waals surface area (Å²) in [6, 6.07) is 6.48. The first kappa shape index (κ1) is 19.9. The van der Waals surface area contributed by atoms with Gasteiger partial charge in [0.25, 0.3) is 5.91 Å². The van der Waals surface area contributed by atoms with Gasteiger partial charge in [0.1, 0.15) is 0 Å². The number of halogens is 1. The van der Waals surface area contributed by atoms with E-state index in [2.05, 4.69) is 17.6 Å². The van der Waals surface area contributed by atoms with Crippen molar-refractivity contribution in [2.75, 3.05) is 18.8 Å². The molecule has 2 unspecified atom stereocenters. The molecule has 1 aromatic rings. The average Bonchev–Trinajstić information content (AvgIpc) is 2.49. The van der Waals surface area contributed by atoms with E-state index in [1.807, 2.05) is 6.92 Å². The molecule has 1 heterocycles. The molecule has 7 heteroatoms. The van der Waals surface area contributed by atoms with Gasteiger partial charge in [0.05, 0.1) is 16.2 Å². The van der Waals surface area contributed by atoms with Gasteiger partial charge in [-0.2, -0.15) is 0 Å². The van der Waals surface area contributed by atoms with Gasteiger partial charge in [-0.3, -0.25) is 4.79 Å². The van der Waals surface area contributed by atoms with Crippen LogP contribution in [0.2, 0.25) is 0 Å². The second kappa shape index (κ2) is 8.66. The highest BCUT2D eigenvalue weighted by molar-refractivity contribution is 7.91. The van der Waals surface area contributed by atoms with Crippen molar-refractivity contribution in [3.05, 3.63) is 29.8 Å². The van der Waals surface area contributed by atoms with Gasteiger partial charge in [0, 0.05) is 12.6 Å². The van der Waals surface area contributed by atoms with Crippen LogP contribution in [0.4, 0.5) is 0 Å². The second-order valence-electron chi connectivity index (χ2n) is 5.87. The number of hydrogen-bond acceptors (Lipinski definition) is 4. The normalized spacial score (nSPS) is 21.3. The number of sulfone groups is 1. The summed E-state index contributed by atoms with van der Waals surface area (Å²) >= 11 is 0. The lowest BCUT2D eigenvalue weighted by atomic mass is 9.94. The summed E-state index contributed by atoms with van der Waals surface area (Å²) in [6.07, 6.45) is 1.53. The van der Waals surface area contributed by atoms with Crippen LogP contribution in [0.15, 0.2) is 29.2 Å². The van der Waals surface area contributed by atoms with Crippen LogP contribution in [0.5, 0.6) is 0 Å². The zero-order valence-corrected chi connectivity index (χ0v) is 15.2. The molecular formula is C16H25ClN2O3S. The van der Waals surface area contributed by atoms with Gasteiger partial charge in [0.2, 0.25) is 0 Å². The third-order valence-electron chi connectivity index (χ3n) is 4.08. The monoisotopic (exact) mass is 360 g/mol. The first-order chi connectivity index (χ1) is 10.5. The Bertz CT molecular complexity index is 634. The second-order valence-corrected chi connectivity index (χ2v) is 7.94. The number of hydrogen-bond donors (Lipinski definition) is 2. The fourth-order valence-corrected chi connectivity index (χ4v) is 4.27. The first-order valence-electron chi connectivity index (χ1n) is 7.79. The molecule has 1 amide bonds. The highest BCUT2D eigenvalue weighted by atomic mass is 35.5. The lowest BCUT2D eigenvalue weighted by Crippen LogP contribution is -2.50. The van der Waals surface area contributed by atoms with Gasteiger partial charge in [0.15, 0.2) is 9.84 Å². The van der Waals surface area contributed by atoms with Crippen LogP contribution in [-0.2, 0) is 9.84 Å². The molecule has 2 atom stereocenters. The summed E-state index contributed by atoms with van der Waals surface area (Å²) in [5, 5.41) is 6.23. The lowest BCUT2D eigenvalue weighted by Gasteiger charge is -2.30. The van der Waals surface area contributed by atoms with E-state index in [0.717, 1.165) is 19.5 Å². The Morgan fingerprint density at radius 2 is 2.04 bits per heavy atom. The molecule has 1 saturated heterocycles. The van der Waals surface area contributed by atoms with Crippen LogP contribution in [0, 0.1) is 5.92 Å². The van der Waals surface area contributed by atoms with Crippen LogP contribution in [0.25, 0.3) is 0 Å². The van der Waals surface area contributed by atoms with Crippen LogP contribution < -0.4 is 10.6 Å². The molecule has 0 spiro atoms. The SMILES string of the molecule is CCCS(=O)(=O)c1ccccc1C(=O)NC1CNCCC1C.Cl. The number of amides is 1. The minimum absolute atomic E-state index is 0. The maximum Gasteiger partial charge on any atom is 0.252 e. The van der Waals surface area contributed by atoms with E-state index in [4.69, 9.17) is 0 Å². The molecule has 2 rings (SSSR count). The summed E-state index contributed by atoms with van der Waals surface area (Å²) in [5.74, 6) is 0.124. The molecular weight excluding hydrogens is 336 g/mol. The van der Waals surface area contributed by atoms with Gasteiger partial charge in [-0.1, -0.05) is 26.0 Å². The summed E-state index contributed by atoms with van der Waals surface area (Å²) in [4.78, 5) is 12.7. The van der Waals surface area contributed by atoms with E-state index >= 15 is 0 Å². The van der Waals surface area contributed by atoms with Crippen LogP contribution in [0.3, 0.4) is 0 Å². The molecule has 2 N–H and O–H groups in total. The Morgan fingerprint density at radius 1 is 1.35 bits per heavy atom. The predicted molar refractivity (Wildman–Crippen MR) is 93.9 cm³/mol. The van der Waals surface area contributed by atoms with Crippen LogP contribution in [0.1, 0.15) is 37.0 Å². The minimum atomic E-state index is -3.42. The highest BCUT2D eigenvalue weighted by Gasteiger charge is 2.26. The van der Waals surface area contributed by atoms with E-state index in [9.17, 15) is 13.2 Å². The predicted octanol–water partition coefficient (Wildman–Crippen LogP) is 2.02. The van der Waals surface area contributed by atoms with Crippen LogP contribution >= 0.6 is 12.4 Å². The highest BCUT2D eigenvalue weighted by Crippen LogP contribution is 2.19. The van der Waals surface area contributed by atoms with Gasteiger partial charge >= 0.3 is 0 Å². The van der Waals surface area contributed by atoms with Gasteiger partial charge < -0.3 is 10.6 Å². The number of piperidine rings is 1. The average molecular weight is 361 g/mol. The zero-order valence-electron chi connectivity index (χ0n) is 13.5. The van der Waals surface area contributed by atoms with Crippen molar-refractivity contribution in [1.82, 2.24) is 10.6 Å². The van der Waals surface area contributed by atoms with E-state index < -0.39 is 9.84 Å². The molecule has 5 nitrogen and oxygen atoms in total. The van der Waals surface area contributed by atoms with E-state index in [-0.39, 0.29) is 40.6 Å². The fraction of sp³-hybridized carbons (Fsp3) is 0.562. The number of nitrogens with one attached hydrogen (secondary N) is 2. The van der Waals surface area contributed by atoms with Crippen molar-refractivity contribution >= 4 is 28.2 Å². The van der Waals surface area contributed by atoms with E-state index in [1.165, 1.54) is 6.07 Å². The lowest BCUT2D eigenvalue weighted by molar-refractivity contribution is 0.0912. The number of benzene rings is 1. The number of carbonyl (C=O) groups is 1. The largest absolute Gasteiger partial charge is 0.348 e. The third-order valence-corrected chi connectivity index (χ3v) is 6.06. The summed E-state index contributed by atoms with van der Waals surface area (Å²) < 4.78 is 24.6. The Kier molecular flexibility index (Phi) is 7.51. The van der Waals surface area contributed by atoms with Crippen LogP contribution in [-0.4, -0.2) is 39.2 Å². The molecule has 1 aliphatic rings. The molecule has 0 aliphatic carbocycles. The van der Waals surface area contributed by atoms with Crippen molar-refractivity contribution in [1.29, 1.82) is 0 Å². The molecule has 0 saturated carbocycles. The van der Waals surface area contributed by atoms with Gasteiger partial charge in [-0.15, -0.1) is 12.4 Å². The molecule has 130 valence electrons. The maximum atomic E-state index is 12.5. The van der Waals surface area contributed by atoms with Crippen molar-refractivity contribution in [2.45, 2.75) is 37.6 Å². The van der Waals surface area contributed by atoms with Crippen molar-refractivity contribution in [2.24, 2.45) is 5.92 Å². The Balaban J connectivity index is 0.00000264. The quantitative estimate of drug-likeness (QED) is 0.842. The molecule has 0 radical (unpaired) electrons. The Hall–Kier alpha value is -1.11. The summed E-state index contributed by atoms with van der Waals surface area (Å²) in [7, 11) is -3.42. The van der Waals surface area contributed by atoms with Crippen molar-refractivity contribution in [3.8, 4) is 0 Å². The fourth-order valence-electron chi connectivity index (χ4n) is 2.73. The topological polar surface area (TPSA) is 75.3 Å². The molecule has 1 aliphatic heterocycles. The standard InChI is InChI=1S/C16H24N2O3S.ClH/c1-3-10-22(20,21)15-7-5-4-6-13(15)16(19)18-14-11-17-9-8-12(14)2;/h4-7,12,14,17H,3,8-11H2,1-2H3,(H,18,19);1H. The zero-order chi connectivity index (χ0) is 16.2. The Labute approximate surface area is 144 Å². The maximum absolute atomic E-state index is 12.5. The van der Waals surface area contributed by atoms with Crippen molar-refractivity contribution < 1.29 is 13.2 Å². The summed E-state index contributed by atoms with van der Waals surface area (Å²) in [5.41, 5.74) is 0.244. The summed E-state index contributed by atoms with van der Waals surface area (Å²) in [6.45, 7) is 5.59. The third kappa shape index (κ3) is 4.93. The molecule has 0 bridgehead atoms. The molecule has 23 heavy (non-hydrogen) atoms. The van der Waals surface area contributed by atoms with Gasteiger partial charge in [-0.05, 0) is 37.4 Å².